The predicted octanol–water partition coefficient (Wildman–Crippen LogP) is 0.994. The lowest BCUT2D eigenvalue weighted by atomic mass is 9.79. The summed E-state index contributed by atoms with van der Waals surface area (Å²) in [6.07, 6.45) is 6.24. The molecule has 0 amide bonds. The average Bonchev–Trinajstić information content (AvgIpc) is 2.36. The molecule has 0 aliphatic carbocycles. The number of unbranched alkanes of at least 4 members (excludes halogenated alkanes) is 1. The highest BCUT2D eigenvalue weighted by atomic mass is 16.5. The monoisotopic (exact) mass is 266 g/mol. The molecule has 1 fully saturated rings. The summed E-state index contributed by atoms with van der Waals surface area (Å²) in [4.78, 5) is 1.47. The standard InChI is InChI=1S/C16H27NO2/c1-5-6-10-19-11-8-7-9-16(18)12-15(3)17(4)13-14(16)2/h8,11,14-15,18H,5-6,10,12-13H2,1-4H3/p+1/b11-8+/t14-,15-,16+/m0/s1. The number of hydrogen-bond acceptors (Lipinski definition) is 2. The third-order valence-electron chi connectivity index (χ3n) is 4.05. The van der Waals surface area contributed by atoms with Crippen LogP contribution in [-0.4, -0.2) is 36.9 Å². The molecule has 0 aromatic heterocycles. The number of allylic oxidation sites excluding steroid dienone is 1. The van der Waals surface area contributed by atoms with Gasteiger partial charge in [-0.2, -0.15) is 0 Å². The molecule has 1 heterocycles. The minimum atomic E-state index is -0.854. The molecule has 19 heavy (non-hydrogen) atoms. The molecule has 0 aromatic rings. The van der Waals surface area contributed by atoms with Gasteiger partial charge in [-0.05, 0) is 13.3 Å². The highest BCUT2D eigenvalue weighted by Crippen LogP contribution is 2.23. The minimum Gasteiger partial charge on any atom is -0.501 e. The number of likely N-dealkylation sites (tertiary alicyclic amines) is 1. The Morgan fingerprint density at radius 2 is 2.21 bits per heavy atom. The molecule has 3 nitrogen and oxygen atoms in total. The number of hydrogen-bond donors (Lipinski definition) is 2. The Hall–Kier alpha value is -0.980. The summed E-state index contributed by atoms with van der Waals surface area (Å²) >= 11 is 0. The summed E-state index contributed by atoms with van der Waals surface area (Å²) in [5.74, 6) is 6.14. The molecule has 4 atom stereocenters. The molecular weight excluding hydrogens is 238 g/mol. The van der Waals surface area contributed by atoms with E-state index in [1.165, 1.54) is 4.90 Å². The lowest BCUT2D eigenvalue weighted by Crippen LogP contribution is -3.15. The SMILES string of the molecule is CCCCO/C=C/C#C[C@@]1(O)C[C@H](C)[NH+](C)C[C@@H]1C. The van der Waals surface area contributed by atoms with Crippen LogP contribution in [0.25, 0.3) is 0 Å². The molecule has 0 radical (unpaired) electrons. The van der Waals surface area contributed by atoms with Gasteiger partial charge in [-0.15, -0.1) is 0 Å². The molecule has 0 bridgehead atoms. The fraction of sp³-hybridized carbons (Fsp3) is 0.750. The lowest BCUT2D eigenvalue weighted by Gasteiger charge is -2.40. The van der Waals surface area contributed by atoms with Gasteiger partial charge in [0.25, 0.3) is 0 Å². The van der Waals surface area contributed by atoms with Crippen LogP contribution in [-0.2, 0) is 4.74 Å². The van der Waals surface area contributed by atoms with Crippen LogP contribution in [0, 0.1) is 17.8 Å². The zero-order chi connectivity index (χ0) is 14.3. The van der Waals surface area contributed by atoms with Gasteiger partial charge < -0.3 is 14.7 Å². The molecule has 1 aliphatic heterocycles. The predicted molar refractivity (Wildman–Crippen MR) is 77.7 cm³/mol. The maximum Gasteiger partial charge on any atom is 0.139 e. The summed E-state index contributed by atoms with van der Waals surface area (Å²) in [6, 6.07) is 0.445. The van der Waals surface area contributed by atoms with Crippen LogP contribution in [0.4, 0.5) is 0 Å². The molecule has 3 heteroatoms. The maximum absolute atomic E-state index is 10.6. The van der Waals surface area contributed by atoms with Crippen molar-refractivity contribution in [3.63, 3.8) is 0 Å². The highest BCUT2D eigenvalue weighted by molar-refractivity contribution is 5.23. The van der Waals surface area contributed by atoms with Gasteiger partial charge in [-0.25, -0.2) is 0 Å². The molecule has 1 saturated heterocycles. The van der Waals surface area contributed by atoms with E-state index in [0.717, 1.165) is 32.4 Å². The van der Waals surface area contributed by atoms with Crippen LogP contribution in [0.5, 0.6) is 0 Å². The summed E-state index contributed by atoms with van der Waals surface area (Å²) in [5, 5.41) is 10.6. The smallest absolute Gasteiger partial charge is 0.139 e. The second-order valence-electron chi connectivity index (χ2n) is 5.78. The zero-order valence-corrected chi connectivity index (χ0v) is 12.7. The van der Waals surface area contributed by atoms with Crippen molar-refractivity contribution in [3.05, 3.63) is 12.3 Å². The Morgan fingerprint density at radius 3 is 2.89 bits per heavy atom. The second kappa shape index (κ2) is 7.57. The Kier molecular flexibility index (Phi) is 6.41. The van der Waals surface area contributed by atoms with Crippen LogP contribution in [0.3, 0.4) is 0 Å². The molecule has 0 spiro atoms. The second-order valence-corrected chi connectivity index (χ2v) is 5.78. The van der Waals surface area contributed by atoms with Gasteiger partial charge in [0.05, 0.1) is 32.5 Å². The van der Waals surface area contributed by atoms with Crippen molar-refractivity contribution in [2.24, 2.45) is 5.92 Å². The molecule has 0 aromatic carbocycles. The van der Waals surface area contributed by atoms with Crippen molar-refractivity contribution in [2.75, 3.05) is 20.2 Å². The first-order chi connectivity index (χ1) is 8.99. The van der Waals surface area contributed by atoms with Crippen molar-refractivity contribution in [1.82, 2.24) is 0 Å². The van der Waals surface area contributed by atoms with E-state index in [1.807, 2.05) is 0 Å². The maximum atomic E-state index is 10.6. The zero-order valence-electron chi connectivity index (χ0n) is 12.7. The van der Waals surface area contributed by atoms with Gasteiger partial charge in [0.15, 0.2) is 0 Å². The van der Waals surface area contributed by atoms with Gasteiger partial charge >= 0.3 is 0 Å². The third-order valence-corrected chi connectivity index (χ3v) is 4.05. The van der Waals surface area contributed by atoms with Crippen molar-refractivity contribution < 1.29 is 14.7 Å². The van der Waals surface area contributed by atoms with Gasteiger partial charge in [0.1, 0.15) is 5.60 Å². The van der Waals surface area contributed by atoms with Crippen molar-refractivity contribution in [2.45, 2.75) is 51.7 Å². The Morgan fingerprint density at radius 1 is 1.47 bits per heavy atom. The van der Waals surface area contributed by atoms with Gasteiger partial charge in [0.2, 0.25) is 0 Å². The molecule has 1 unspecified atom stereocenters. The van der Waals surface area contributed by atoms with E-state index >= 15 is 0 Å². The normalized spacial score (nSPS) is 34.9. The lowest BCUT2D eigenvalue weighted by molar-refractivity contribution is -0.915. The molecule has 108 valence electrons. The third kappa shape index (κ3) is 4.89. The van der Waals surface area contributed by atoms with Gasteiger partial charge in [-0.3, -0.25) is 0 Å². The first-order valence-electron chi connectivity index (χ1n) is 7.33. The summed E-state index contributed by atoms with van der Waals surface area (Å²) < 4.78 is 5.29. The van der Waals surface area contributed by atoms with E-state index < -0.39 is 5.60 Å². The first kappa shape index (κ1) is 16.1. The van der Waals surface area contributed by atoms with E-state index in [9.17, 15) is 5.11 Å². The minimum absolute atomic E-state index is 0.200. The summed E-state index contributed by atoms with van der Waals surface area (Å²) in [7, 11) is 2.18. The number of rotatable bonds is 4. The molecule has 1 aliphatic rings. The number of nitrogens with one attached hydrogen (secondary N) is 1. The quantitative estimate of drug-likeness (QED) is 0.452. The van der Waals surface area contributed by atoms with E-state index in [-0.39, 0.29) is 5.92 Å². The number of piperidine rings is 1. The van der Waals surface area contributed by atoms with Crippen LogP contribution in [0.1, 0.15) is 40.0 Å². The highest BCUT2D eigenvalue weighted by Gasteiger charge is 2.42. The van der Waals surface area contributed by atoms with E-state index in [1.54, 1.807) is 12.3 Å². The Bertz CT molecular complexity index is 355. The van der Waals surface area contributed by atoms with E-state index in [0.29, 0.717) is 6.04 Å². The van der Waals surface area contributed by atoms with Crippen molar-refractivity contribution >= 4 is 0 Å². The summed E-state index contributed by atoms with van der Waals surface area (Å²) in [5.41, 5.74) is -0.854. The van der Waals surface area contributed by atoms with Crippen LogP contribution >= 0.6 is 0 Å². The molecule has 0 saturated carbocycles. The summed E-state index contributed by atoms with van der Waals surface area (Å²) in [6.45, 7) is 8.07. The van der Waals surface area contributed by atoms with Crippen molar-refractivity contribution in [3.8, 4) is 11.8 Å². The molecule has 1 rings (SSSR count). The largest absolute Gasteiger partial charge is 0.501 e. The fourth-order valence-corrected chi connectivity index (χ4v) is 2.41. The molecule has 2 N–H and O–H groups in total. The Labute approximate surface area is 117 Å². The van der Waals surface area contributed by atoms with Crippen LogP contribution in [0.2, 0.25) is 0 Å². The molecular formula is C16H28NO2+. The number of quaternary nitrogens is 1. The van der Waals surface area contributed by atoms with Crippen molar-refractivity contribution in [1.29, 1.82) is 0 Å². The number of ether oxygens (including phenoxy) is 1. The van der Waals surface area contributed by atoms with Gasteiger partial charge in [0, 0.05) is 18.4 Å². The Balaban J connectivity index is 2.50. The first-order valence-corrected chi connectivity index (χ1v) is 7.33. The average molecular weight is 266 g/mol. The van der Waals surface area contributed by atoms with E-state index in [4.69, 9.17) is 4.74 Å². The van der Waals surface area contributed by atoms with Gasteiger partial charge in [-0.1, -0.05) is 32.1 Å². The topological polar surface area (TPSA) is 33.9 Å². The van der Waals surface area contributed by atoms with Crippen LogP contribution < -0.4 is 4.90 Å². The fourth-order valence-electron chi connectivity index (χ4n) is 2.41. The van der Waals surface area contributed by atoms with Crippen LogP contribution in [0.15, 0.2) is 12.3 Å². The number of aliphatic hydroxyl groups is 1. The van der Waals surface area contributed by atoms with E-state index in [2.05, 4.69) is 39.7 Å².